The predicted molar refractivity (Wildman–Crippen MR) is 96.6 cm³/mol. The minimum atomic E-state index is -1.34. The van der Waals surface area contributed by atoms with E-state index in [1.807, 2.05) is 24.3 Å². The molecule has 4 rings (SSSR count). The van der Waals surface area contributed by atoms with Crippen LogP contribution >= 0.6 is 11.6 Å². The number of carbonyl (C=O) groups is 2. The Kier molecular flexibility index (Phi) is 3.77. The molecule has 0 saturated heterocycles. The molecule has 0 spiro atoms. The molecule has 0 fully saturated rings. The smallest absolute Gasteiger partial charge is 0.341 e. The topological polar surface area (TPSA) is 90.5 Å². The molecule has 2 heterocycles. The maximum atomic E-state index is 13.0. The Labute approximate surface area is 152 Å². The Morgan fingerprint density at radius 2 is 1.69 bits per heavy atom. The van der Waals surface area contributed by atoms with Gasteiger partial charge in [-0.3, -0.25) is 9.59 Å². The lowest BCUT2D eigenvalue weighted by molar-refractivity contribution is 0.0694. The predicted octanol–water partition coefficient (Wildman–Crippen LogP) is 3.04. The summed E-state index contributed by atoms with van der Waals surface area (Å²) in [4.78, 5) is 40.4. The summed E-state index contributed by atoms with van der Waals surface area (Å²) in [6, 6.07) is 12.0. The van der Waals surface area contributed by atoms with Gasteiger partial charge in [-0.2, -0.15) is 0 Å². The lowest BCUT2D eigenvalue weighted by Crippen LogP contribution is -2.26. The van der Waals surface area contributed by atoms with Crippen molar-refractivity contribution >= 4 is 34.4 Å². The van der Waals surface area contributed by atoms with Crippen LogP contribution in [-0.4, -0.2) is 26.9 Å². The molecule has 26 heavy (non-hydrogen) atoms. The SMILES string of the molecule is O=C(O)c1cc2cc(Cl)cc(C(=O)N3Cc4ccccc4C3)c2[nH]c1=O. The van der Waals surface area contributed by atoms with Crippen molar-refractivity contribution in [3.8, 4) is 0 Å². The van der Waals surface area contributed by atoms with E-state index < -0.39 is 17.1 Å². The van der Waals surface area contributed by atoms with Gasteiger partial charge < -0.3 is 15.0 Å². The number of fused-ring (bicyclic) bond motifs is 2. The molecule has 0 unspecified atom stereocenters. The number of hydrogen-bond donors (Lipinski definition) is 2. The number of aromatic amines is 1. The van der Waals surface area contributed by atoms with Crippen LogP contribution in [0.4, 0.5) is 0 Å². The van der Waals surface area contributed by atoms with Crippen molar-refractivity contribution in [2.75, 3.05) is 0 Å². The summed E-state index contributed by atoms with van der Waals surface area (Å²) in [7, 11) is 0. The molecule has 3 aromatic rings. The molecule has 1 aliphatic rings. The van der Waals surface area contributed by atoms with Gasteiger partial charge in [-0.25, -0.2) is 4.79 Å². The van der Waals surface area contributed by atoms with Gasteiger partial charge in [0.2, 0.25) is 0 Å². The number of benzene rings is 2. The van der Waals surface area contributed by atoms with Crippen molar-refractivity contribution < 1.29 is 14.7 Å². The highest BCUT2D eigenvalue weighted by atomic mass is 35.5. The molecular formula is C19H13ClN2O4. The second kappa shape index (κ2) is 6.00. The number of amides is 1. The summed E-state index contributed by atoms with van der Waals surface area (Å²) in [5, 5.41) is 9.81. The monoisotopic (exact) mass is 368 g/mol. The number of pyridine rings is 1. The minimum Gasteiger partial charge on any atom is -0.477 e. The quantitative estimate of drug-likeness (QED) is 0.727. The molecule has 1 aromatic heterocycles. The van der Waals surface area contributed by atoms with Gasteiger partial charge >= 0.3 is 5.97 Å². The van der Waals surface area contributed by atoms with Crippen LogP contribution in [0.15, 0.2) is 47.3 Å². The lowest BCUT2D eigenvalue weighted by Gasteiger charge is -2.17. The van der Waals surface area contributed by atoms with E-state index in [4.69, 9.17) is 16.7 Å². The van der Waals surface area contributed by atoms with Crippen molar-refractivity contribution in [1.82, 2.24) is 9.88 Å². The van der Waals surface area contributed by atoms with E-state index in [1.165, 1.54) is 18.2 Å². The highest BCUT2D eigenvalue weighted by Gasteiger charge is 2.26. The van der Waals surface area contributed by atoms with Gasteiger partial charge in [0.05, 0.1) is 11.1 Å². The van der Waals surface area contributed by atoms with Gasteiger partial charge in [0.15, 0.2) is 0 Å². The molecule has 6 nitrogen and oxygen atoms in total. The molecule has 0 aliphatic carbocycles. The van der Waals surface area contributed by atoms with Gasteiger partial charge in [-0.15, -0.1) is 0 Å². The van der Waals surface area contributed by atoms with Crippen LogP contribution in [0.3, 0.4) is 0 Å². The number of rotatable bonds is 2. The first kappa shape index (κ1) is 16.4. The number of hydrogen-bond acceptors (Lipinski definition) is 3. The number of aromatic carboxylic acids is 1. The Bertz CT molecular complexity index is 1110. The van der Waals surface area contributed by atoms with Crippen LogP contribution in [0.1, 0.15) is 31.8 Å². The van der Waals surface area contributed by atoms with E-state index in [1.54, 1.807) is 4.90 Å². The highest BCUT2D eigenvalue weighted by Crippen LogP contribution is 2.28. The van der Waals surface area contributed by atoms with Gasteiger partial charge in [0, 0.05) is 23.5 Å². The first-order valence-corrected chi connectivity index (χ1v) is 8.28. The fraction of sp³-hybridized carbons (Fsp3) is 0.105. The largest absolute Gasteiger partial charge is 0.477 e. The summed E-state index contributed by atoms with van der Waals surface area (Å²) in [5.41, 5.74) is 1.53. The Morgan fingerprint density at radius 3 is 2.31 bits per heavy atom. The van der Waals surface area contributed by atoms with E-state index >= 15 is 0 Å². The van der Waals surface area contributed by atoms with Gasteiger partial charge in [-0.05, 0) is 29.3 Å². The summed E-state index contributed by atoms with van der Waals surface area (Å²) >= 11 is 6.13. The van der Waals surface area contributed by atoms with Crippen LogP contribution in [0.2, 0.25) is 5.02 Å². The first-order valence-electron chi connectivity index (χ1n) is 7.90. The molecule has 0 bridgehead atoms. The zero-order valence-corrected chi connectivity index (χ0v) is 14.2. The number of aromatic nitrogens is 1. The first-order chi connectivity index (χ1) is 12.4. The van der Waals surface area contributed by atoms with E-state index in [-0.39, 0.29) is 17.0 Å². The number of nitrogens with one attached hydrogen (secondary N) is 1. The highest BCUT2D eigenvalue weighted by molar-refractivity contribution is 6.32. The zero-order chi connectivity index (χ0) is 18.4. The Balaban J connectivity index is 1.81. The van der Waals surface area contributed by atoms with E-state index in [2.05, 4.69) is 4.98 Å². The second-order valence-electron chi connectivity index (χ2n) is 6.16. The van der Waals surface area contributed by atoms with E-state index in [9.17, 15) is 14.4 Å². The fourth-order valence-corrected chi connectivity index (χ4v) is 3.48. The third kappa shape index (κ3) is 2.64. The third-order valence-electron chi connectivity index (χ3n) is 4.51. The summed E-state index contributed by atoms with van der Waals surface area (Å²) in [6.45, 7) is 0.945. The molecule has 1 amide bonds. The van der Waals surface area contributed by atoms with Crippen molar-refractivity contribution in [3.63, 3.8) is 0 Å². The van der Waals surface area contributed by atoms with Gasteiger partial charge in [0.1, 0.15) is 5.56 Å². The number of carboxylic acids is 1. The Morgan fingerprint density at radius 1 is 1.04 bits per heavy atom. The normalized spacial score (nSPS) is 13.0. The van der Waals surface area contributed by atoms with Crippen molar-refractivity contribution in [3.05, 3.63) is 80.1 Å². The van der Waals surface area contributed by atoms with Crippen LogP contribution in [-0.2, 0) is 13.1 Å². The average Bonchev–Trinajstić information content (AvgIpc) is 3.04. The molecule has 130 valence electrons. The number of carboxylic acid groups (broad SMARTS) is 1. The number of H-pyrrole nitrogens is 1. The zero-order valence-electron chi connectivity index (χ0n) is 13.5. The molecule has 1 aliphatic heterocycles. The lowest BCUT2D eigenvalue weighted by atomic mass is 10.1. The van der Waals surface area contributed by atoms with Gasteiger partial charge in [-0.1, -0.05) is 35.9 Å². The van der Waals surface area contributed by atoms with Crippen molar-refractivity contribution in [2.24, 2.45) is 0 Å². The van der Waals surface area contributed by atoms with E-state index in [0.29, 0.717) is 23.5 Å². The number of carbonyl (C=O) groups excluding carboxylic acids is 1. The summed E-state index contributed by atoms with van der Waals surface area (Å²) < 4.78 is 0. The van der Waals surface area contributed by atoms with Gasteiger partial charge in [0.25, 0.3) is 11.5 Å². The fourth-order valence-electron chi connectivity index (χ4n) is 3.26. The average molecular weight is 369 g/mol. The maximum Gasteiger partial charge on any atom is 0.341 e. The van der Waals surface area contributed by atoms with Crippen molar-refractivity contribution in [1.29, 1.82) is 0 Å². The molecule has 7 heteroatoms. The molecule has 0 radical (unpaired) electrons. The van der Waals surface area contributed by atoms with Crippen LogP contribution < -0.4 is 5.56 Å². The number of halogens is 1. The van der Waals surface area contributed by atoms with Crippen LogP contribution in [0, 0.1) is 0 Å². The van der Waals surface area contributed by atoms with Crippen molar-refractivity contribution in [2.45, 2.75) is 13.1 Å². The standard InChI is InChI=1S/C19H13ClN2O4/c20-13-5-12-6-15(19(25)26)17(23)21-16(12)14(7-13)18(24)22-8-10-3-1-2-4-11(10)9-22/h1-7H,8-9H2,(H,21,23)(H,25,26). The molecule has 2 aromatic carbocycles. The second-order valence-corrected chi connectivity index (χ2v) is 6.60. The molecule has 0 atom stereocenters. The minimum absolute atomic E-state index is 0.245. The molecule has 2 N–H and O–H groups in total. The molecular weight excluding hydrogens is 356 g/mol. The van der Waals surface area contributed by atoms with Crippen LogP contribution in [0.25, 0.3) is 10.9 Å². The third-order valence-corrected chi connectivity index (χ3v) is 4.72. The molecule has 0 saturated carbocycles. The van der Waals surface area contributed by atoms with Crippen LogP contribution in [0.5, 0.6) is 0 Å². The van der Waals surface area contributed by atoms with E-state index in [0.717, 1.165) is 11.1 Å². The Hall–Kier alpha value is -3.12. The maximum absolute atomic E-state index is 13.0. The summed E-state index contributed by atoms with van der Waals surface area (Å²) in [6.07, 6.45) is 0. The number of nitrogens with zero attached hydrogens (tertiary/aromatic N) is 1. The summed E-state index contributed by atoms with van der Waals surface area (Å²) in [5.74, 6) is -1.61.